The van der Waals surface area contributed by atoms with Gasteiger partial charge >= 0.3 is 13.1 Å². The van der Waals surface area contributed by atoms with Gasteiger partial charge in [-0.15, -0.1) is 0 Å². The van der Waals surface area contributed by atoms with Crippen LogP contribution >= 0.6 is 0 Å². The normalized spacial score (nSPS) is 22.5. The Morgan fingerprint density at radius 3 is 2.01 bits per heavy atom. The molecule has 1 aliphatic heterocycles. The van der Waals surface area contributed by atoms with Crippen LogP contribution in [0.3, 0.4) is 0 Å². The number of amides is 6. The van der Waals surface area contributed by atoms with Crippen molar-refractivity contribution in [3.8, 4) is 11.1 Å². The summed E-state index contributed by atoms with van der Waals surface area (Å²) in [4.78, 5) is 91.8. The van der Waals surface area contributed by atoms with Crippen molar-refractivity contribution in [2.75, 3.05) is 13.1 Å². The number of carbonyl (C=O) groups excluding carboxylic acids is 6. The smallest absolute Gasteiger partial charge is 0.481 e. The monoisotopic (exact) mass is 960 g/mol. The molecule has 2 bridgehead atoms. The molecule has 69 heavy (non-hydrogen) atoms. The minimum absolute atomic E-state index is 0.0259. The third-order valence-electron chi connectivity index (χ3n) is 14.3. The third kappa shape index (κ3) is 14.1. The molecule has 1 saturated heterocycles. The molecule has 3 saturated carbocycles. The Labute approximate surface area is 406 Å². The summed E-state index contributed by atoms with van der Waals surface area (Å²) in [7, 11) is -0.763. The molecule has 4 aliphatic rings. The summed E-state index contributed by atoms with van der Waals surface area (Å²) >= 11 is 0. The van der Waals surface area contributed by atoms with E-state index in [9.17, 15) is 43.8 Å². The summed E-state index contributed by atoms with van der Waals surface area (Å²) in [5.41, 5.74) is 8.96. The van der Waals surface area contributed by atoms with Crippen LogP contribution in [-0.4, -0.2) is 120 Å². The molecule has 1 heterocycles. The maximum atomic E-state index is 13.6. The minimum atomic E-state index is -1.57. The van der Waals surface area contributed by atoms with Gasteiger partial charge < -0.3 is 57.2 Å². The van der Waals surface area contributed by atoms with Gasteiger partial charge in [0.1, 0.15) is 24.2 Å². The molecular formula is C50H74BN7O11. The molecule has 378 valence electrons. The number of carbonyl (C=O) groups is 7. The zero-order valence-electron chi connectivity index (χ0n) is 41.2. The van der Waals surface area contributed by atoms with E-state index in [0.29, 0.717) is 36.8 Å². The van der Waals surface area contributed by atoms with Gasteiger partial charge in [0.25, 0.3) is 5.91 Å². The molecule has 3 aliphatic carbocycles. The Morgan fingerprint density at radius 1 is 0.768 bits per heavy atom. The van der Waals surface area contributed by atoms with Crippen LogP contribution in [0.25, 0.3) is 11.1 Å². The predicted octanol–water partition coefficient (Wildman–Crippen LogP) is 2.92. The lowest BCUT2D eigenvalue weighted by Crippen LogP contribution is -2.65. The topological polar surface area (TPSA) is 277 Å². The Hall–Kier alpha value is -5.37. The van der Waals surface area contributed by atoms with E-state index < -0.39 is 90.9 Å². The largest absolute Gasteiger partial charge is 0.481 e. The Kier molecular flexibility index (Phi) is 19.3. The zero-order chi connectivity index (χ0) is 50.6. The number of aliphatic hydroxyl groups is 1. The maximum Gasteiger partial charge on any atom is 0.481 e. The van der Waals surface area contributed by atoms with E-state index in [2.05, 4.69) is 76.9 Å². The van der Waals surface area contributed by atoms with E-state index in [1.807, 2.05) is 19.1 Å². The number of nitrogens with one attached hydrogen (secondary N) is 6. The molecule has 2 aromatic rings. The number of rotatable bonds is 26. The fraction of sp³-hybridized carbons (Fsp3) is 0.620. The van der Waals surface area contributed by atoms with Gasteiger partial charge in [0.15, 0.2) is 0 Å². The van der Waals surface area contributed by atoms with Crippen molar-refractivity contribution in [3.05, 3.63) is 59.7 Å². The molecule has 0 aromatic heterocycles. The van der Waals surface area contributed by atoms with E-state index in [-0.39, 0.29) is 43.2 Å². The van der Waals surface area contributed by atoms with Crippen LogP contribution < -0.4 is 37.6 Å². The fourth-order valence-electron chi connectivity index (χ4n) is 9.85. The van der Waals surface area contributed by atoms with Gasteiger partial charge in [-0.1, -0.05) is 63.6 Å². The third-order valence-corrected chi connectivity index (χ3v) is 14.3. The van der Waals surface area contributed by atoms with Crippen molar-refractivity contribution in [3.63, 3.8) is 0 Å². The number of hydrogen-bond acceptors (Lipinski definition) is 11. The predicted molar refractivity (Wildman–Crippen MR) is 260 cm³/mol. The Balaban J connectivity index is 1.11. The quantitative estimate of drug-likeness (QED) is 0.0487. The van der Waals surface area contributed by atoms with Crippen molar-refractivity contribution >= 4 is 48.5 Å². The maximum absolute atomic E-state index is 13.6. The van der Waals surface area contributed by atoms with Crippen LogP contribution in [0, 0.1) is 17.3 Å². The van der Waals surface area contributed by atoms with Crippen molar-refractivity contribution in [1.82, 2.24) is 31.9 Å². The SMILES string of the molecule is CCCCc1ccc(-c2ccc(C(=O)NCCC(=O)N[C@@H](CCCCN)C(=O)N[C@H](C(=O)N[C@@H](C)C(=O)N[C@@H](CCC(=O)O)C(=O)N[C@@H](C)B3OC4C[C@@H]5C[C@@H](C5(C)C)[C@]4(C)O3)C(C)O)cc2)cc1. The highest BCUT2D eigenvalue weighted by atomic mass is 16.7. The summed E-state index contributed by atoms with van der Waals surface area (Å²) in [6.07, 6.45) is 3.87. The van der Waals surface area contributed by atoms with Crippen LogP contribution in [0.15, 0.2) is 48.5 Å². The van der Waals surface area contributed by atoms with Crippen molar-refractivity contribution in [2.45, 2.75) is 167 Å². The summed E-state index contributed by atoms with van der Waals surface area (Å²) in [5, 5.41) is 35.7. The Bertz CT molecular complexity index is 2120. The van der Waals surface area contributed by atoms with Gasteiger partial charge in [0, 0.05) is 24.9 Å². The Morgan fingerprint density at radius 2 is 1.41 bits per heavy atom. The van der Waals surface area contributed by atoms with Crippen LogP contribution in [0.5, 0.6) is 0 Å². The van der Waals surface area contributed by atoms with Gasteiger partial charge in [0.2, 0.25) is 29.5 Å². The molecule has 18 nitrogen and oxygen atoms in total. The molecule has 6 rings (SSSR count). The van der Waals surface area contributed by atoms with Gasteiger partial charge in [-0.3, -0.25) is 33.6 Å². The molecule has 10 N–H and O–H groups in total. The van der Waals surface area contributed by atoms with Crippen LogP contribution in [0.4, 0.5) is 0 Å². The van der Waals surface area contributed by atoms with Gasteiger partial charge in [-0.05, 0) is 132 Å². The first-order valence-corrected chi connectivity index (χ1v) is 24.6. The lowest BCUT2D eigenvalue weighted by Gasteiger charge is -2.64. The highest BCUT2D eigenvalue weighted by Gasteiger charge is 2.68. The van der Waals surface area contributed by atoms with Crippen LogP contribution in [0.2, 0.25) is 0 Å². The lowest BCUT2D eigenvalue weighted by atomic mass is 9.43. The molecule has 4 fully saturated rings. The number of carboxylic acid groups (broad SMARTS) is 1. The lowest BCUT2D eigenvalue weighted by molar-refractivity contribution is -0.199. The van der Waals surface area contributed by atoms with Gasteiger partial charge in [0.05, 0.1) is 23.8 Å². The molecule has 2 unspecified atom stereocenters. The number of aliphatic carboxylic acids is 1. The van der Waals surface area contributed by atoms with Crippen molar-refractivity contribution in [2.24, 2.45) is 23.0 Å². The van der Waals surface area contributed by atoms with E-state index in [1.165, 1.54) is 19.4 Å². The number of nitrogens with two attached hydrogens (primary N) is 1. The molecule has 2 aromatic carbocycles. The van der Waals surface area contributed by atoms with Crippen LogP contribution in [0.1, 0.15) is 129 Å². The fourth-order valence-corrected chi connectivity index (χ4v) is 9.85. The molecule has 19 heteroatoms. The average Bonchev–Trinajstić information content (AvgIpc) is 3.68. The number of carboxylic acids is 1. The van der Waals surface area contributed by atoms with E-state index in [0.717, 1.165) is 43.2 Å². The minimum Gasteiger partial charge on any atom is -0.481 e. The van der Waals surface area contributed by atoms with Crippen LogP contribution in [-0.2, 0) is 44.5 Å². The summed E-state index contributed by atoms with van der Waals surface area (Å²) in [5.74, 6) is -5.15. The number of benzene rings is 2. The first-order chi connectivity index (χ1) is 32.7. The zero-order valence-corrected chi connectivity index (χ0v) is 41.2. The summed E-state index contributed by atoms with van der Waals surface area (Å²) in [6, 6.07) is 10.2. The average molecular weight is 960 g/mol. The highest BCUT2D eigenvalue weighted by molar-refractivity contribution is 6.47. The molecule has 0 spiro atoms. The number of unbranched alkanes of at least 4 members (excludes halogenated alkanes) is 2. The standard InChI is InChI=1S/C50H74BN7O11/c1-8-9-12-32-14-16-33(17-15-32)34-18-20-35(21-19-34)45(64)53-26-24-41(60)56-37(13-10-11-25-52)47(66)58-43(30(3)59)48(67)54-29(2)44(63)57-38(22-23-42(61)62)46(65)55-31(4)51-68-40-28-36-27-39(49(36,5)6)50(40,7)69-51/h14-21,29-31,36-40,43,59H,8-13,22-28,52H2,1-7H3,(H,53,64)(H,54,67)(H,55,65)(H,56,60)(H,57,63)(H,58,66)(H,61,62)/t29-,30?,31-,36-,37-,38-,39-,40?,43-,50-/m0/s1. The second-order valence-electron chi connectivity index (χ2n) is 19.9. The molecule has 6 amide bonds. The highest BCUT2D eigenvalue weighted by Crippen LogP contribution is 2.65. The summed E-state index contributed by atoms with van der Waals surface area (Å²) < 4.78 is 12.8. The number of hydrogen-bond donors (Lipinski definition) is 9. The van der Waals surface area contributed by atoms with E-state index in [1.54, 1.807) is 19.1 Å². The molecular weight excluding hydrogens is 885 g/mol. The van der Waals surface area contributed by atoms with Crippen molar-refractivity contribution in [1.29, 1.82) is 0 Å². The molecule has 0 radical (unpaired) electrons. The first-order valence-electron chi connectivity index (χ1n) is 24.6. The number of aliphatic hydroxyl groups excluding tert-OH is 1. The van der Waals surface area contributed by atoms with Crippen molar-refractivity contribution < 1.29 is 53.1 Å². The van der Waals surface area contributed by atoms with Gasteiger partial charge in [-0.25, -0.2) is 0 Å². The van der Waals surface area contributed by atoms with E-state index >= 15 is 0 Å². The first kappa shape index (κ1) is 54.6. The van der Waals surface area contributed by atoms with E-state index in [4.69, 9.17) is 15.0 Å². The second-order valence-corrected chi connectivity index (χ2v) is 19.9. The second kappa shape index (κ2) is 24.5. The molecule has 10 atom stereocenters. The summed E-state index contributed by atoms with van der Waals surface area (Å²) in [6.45, 7) is 13.3. The number of aryl methyl sites for hydroxylation is 1. The van der Waals surface area contributed by atoms with Gasteiger partial charge in [-0.2, -0.15) is 0 Å².